The molecule has 0 radical (unpaired) electrons. The Hall–Kier alpha value is -1.76. The SMILES string of the molecule is CC1C(C(=O)O)CCN1C(=O)Cc1cc2c(cc1Br)OCCO2. The number of amides is 1. The third-order valence-electron chi connectivity index (χ3n) is 4.45. The summed E-state index contributed by atoms with van der Waals surface area (Å²) in [5.41, 5.74) is 0.810. The second-order valence-corrected chi connectivity index (χ2v) is 6.68. The third-order valence-corrected chi connectivity index (χ3v) is 5.18. The molecular weight excluding hydrogens is 366 g/mol. The van der Waals surface area contributed by atoms with E-state index in [0.29, 0.717) is 37.7 Å². The topological polar surface area (TPSA) is 76.1 Å². The van der Waals surface area contributed by atoms with Gasteiger partial charge in [-0.2, -0.15) is 0 Å². The molecule has 1 fully saturated rings. The average Bonchev–Trinajstić information content (AvgIpc) is 2.90. The molecule has 0 saturated carbocycles. The summed E-state index contributed by atoms with van der Waals surface area (Å²) >= 11 is 3.46. The first-order valence-corrected chi connectivity index (χ1v) is 8.37. The zero-order chi connectivity index (χ0) is 16.6. The van der Waals surface area contributed by atoms with Crippen molar-refractivity contribution in [2.24, 2.45) is 5.92 Å². The largest absolute Gasteiger partial charge is 0.486 e. The van der Waals surface area contributed by atoms with E-state index in [2.05, 4.69) is 15.9 Å². The van der Waals surface area contributed by atoms with Gasteiger partial charge in [0.05, 0.1) is 12.3 Å². The van der Waals surface area contributed by atoms with E-state index in [9.17, 15) is 14.7 Å². The number of rotatable bonds is 3. The maximum absolute atomic E-state index is 12.6. The third kappa shape index (κ3) is 3.15. The Balaban J connectivity index is 1.74. The second-order valence-electron chi connectivity index (χ2n) is 5.83. The van der Waals surface area contributed by atoms with Crippen LogP contribution in [0.5, 0.6) is 11.5 Å². The molecular formula is C16H18BrNO5. The van der Waals surface area contributed by atoms with Crippen LogP contribution in [0.15, 0.2) is 16.6 Å². The first kappa shape index (κ1) is 16.1. The van der Waals surface area contributed by atoms with Crippen LogP contribution in [0.4, 0.5) is 0 Å². The Morgan fingerprint density at radius 1 is 1.30 bits per heavy atom. The lowest BCUT2D eigenvalue weighted by Gasteiger charge is -2.24. The highest BCUT2D eigenvalue weighted by Crippen LogP contribution is 2.36. The fourth-order valence-corrected chi connectivity index (χ4v) is 3.59. The van der Waals surface area contributed by atoms with Crippen LogP contribution in [0.2, 0.25) is 0 Å². The number of carboxylic acids is 1. The minimum absolute atomic E-state index is 0.0707. The van der Waals surface area contributed by atoms with Gasteiger partial charge in [0.15, 0.2) is 11.5 Å². The zero-order valence-electron chi connectivity index (χ0n) is 12.8. The predicted octanol–water partition coefficient (Wildman–Crippen LogP) is 2.08. The van der Waals surface area contributed by atoms with Crippen LogP contribution in [0.25, 0.3) is 0 Å². The van der Waals surface area contributed by atoms with Crippen molar-refractivity contribution in [2.45, 2.75) is 25.8 Å². The lowest BCUT2D eigenvalue weighted by molar-refractivity contribution is -0.143. The van der Waals surface area contributed by atoms with E-state index < -0.39 is 11.9 Å². The molecule has 2 aliphatic rings. The van der Waals surface area contributed by atoms with Gasteiger partial charge in [-0.05, 0) is 31.0 Å². The van der Waals surface area contributed by atoms with E-state index in [1.54, 1.807) is 11.8 Å². The van der Waals surface area contributed by atoms with Crippen molar-refractivity contribution in [3.63, 3.8) is 0 Å². The summed E-state index contributed by atoms with van der Waals surface area (Å²) < 4.78 is 11.8. The molecule has 1 amide bonds. The van der Waals surface area contributed by atoms with Gasteiger partial charge in [-0.3, -0.25) is 9.59 Å². The number of aliphatic carboxylic acids is 1. The minimum Gasteiger partial charge on any atom is -0.486 e. The van der Waals surface area contributed by atoms with E-state index in [4.69, 9.17) is 9.47 Å². The molecule has 2 unspecified atom stereocenters. The molecule has 3 rings (SSSR count). The lowest BCUT2D eigenvalue weighted by atomic mass is 10.0. The maximum atomic E-state index is 12.6. The van der Waals surface area contributed by atoms with Crippen LogP contribution >= 0.6 is 15.9 Å². The molecule has 6 nitrogen and oxygen atoms in total. The molecule has 1 N–H and O–H groups in total. The van der Waals surface area contributed by atoms with E-state index >= 15 is 0 Å². The number of hydrogen-bond donors (Lipinski definition) is 1. The summed E-state index contributed by atoms with van der Waals surface area (Å²) in [6.45, 7) is 3.28. The summed E-state index contributed by atoms with van der Waals surface area (Å²) in [6, 6.07) is 3.34. The van der Waals surface area contributed by atoms with Crippen LogP contribution in [0.3, 0.4) is 0 Å². The number of carboxylic acid groups (broad SMARTS) is 1. The molecule has 7 heteroatoms. The highest BCUT2D eigenvalue weighted by atomic mass is 79.9. The number of carbonyl (C=O) groups excluding carboxylic acids is 1. The summed E-state index contributed by atoms with van der Waals surface area (Å²) in [6.07, 6.45) is 0.707. The first-order chi connectivity index (χ1) is 11.0. The van der Waals surface area contributed by atoms with Gasteiger partial charge in [0.2, 0.25) is 5.91 Å². The van der Waals surface area contributed by atoms with E-state index in [0.717, 1.165) is 10.0 Å². The predicted molar refractivity (Wildman–Crippen MR) is 85.8 cm³/mol. The standard InChI is InChI=1S/C16H18BrNO5/c1-9-11(16(20)21)2-3-18(9)15(19)7-10-6-13-14(8-12(10)17)23-5-4-22-13/h6,8-9,11H,2-5,7H2,1H3,(H,20,21). The van der Waals surface area contributed by atoms with Crippen LogP contribution in [0, 0.1) is 5.92 Å². The smallest absolute Gasteiger partial charge is 0.308 e. The number of nitrogens with zero attached hydrogens (tertiary/aromatic N) is 1. The van der Waals surface area contributed by atoms with Crippen LogP contribution in [-0.2, 0) is 16.0 Å². The van der Waals surface area contributed by atoms with E-state index in [-0.39, 0.29) is 18.4 Å². The van der Waals surface area contributed by atoms with Gasteiger partial charge in [0, 0.05) is 17.1 Å². The second kappa shape index (κ2) is 6.39. The van der Waals surface area contributed by atoms with Crippen molar-refractivity contribution in [3.05, 3.63) is 22.2 Å². The number of hydrogen-bond acceptors (Lipinski definition) is 4. The Morgan fingerprint density at radius 2 is 1.96 bits per heavy atom. The fraction of sp³-hybridized carbons (Fsp3) is 0.500. The van der Waals surface area contributed by atoms with Crippen molar-refractivity contribution in [1.29, 1.82) is 0 Å². The van der Waals surface area contributed by atoms with Crippen molar-refractivity contribution in [1.82, 2.24) is 4.90 Å². The molecule has 23 heavy (non-hydrogen) atoms. The number of fused-ring (bicyclic) bond motifs is 1. The van der Waals surface area contributed by atoms with Gasteiger partial charge < -0.3 is 19.5 Å². The number of halogens is 1. The number of carbonyl (C=O) groups is 2. The van der Waals surface area contributed by atoms with Crippen molar-refractivity contribution < 1.29 is 24.2 Å². The highest BCUT2D eigenvalue weighted by Gasteiger charge is 2.38. The number of likely N-dealkylation sites (tertiary alicyclic amines) is 1. The molecule has 0 aromatic heterocycles. The molecule has 124 valence electrons. The Bertz CT molecular complexity index is 648. The fourth-order valence-electron chi connectivity index (χ4n) is 3.13. The summed E-state index contributed by atoms with van der Waals surface area (Å²) in [7, 11) is 0. The molecule has 0 spiro atoms. The maximum Gasteiger partial charge on any atom is 0.308 e. The highest BCUT2D eigenvalue weighted by molar-refractivity contribution is 9.10. The Kier molecular flexibility index (Phi) is 4.48. The molecule has 2 heterocycles. The van der Waals surface area contributed by atoms with Gasteiger partial charge in [-0.25, -0.2) is 0 Å². The Morgan fingerprint density at radius 3 is 2.57 bits per heavy atom. The summed E-state index contributed by atoms with van der Waals surface area (Å²) in [5.74, 6) is -0.0884. The van der Waals surface area contributed by atoms with Crippen LogP contribution in [-0.4, -0.2) is 47.7 Å². The monoisotopic (exact) mass is 383 g/mol. The van der Waals surface area contributed by atoms with Gasteiger partial charge in [-0.15, -0.1) is 0 Å². The molecule has 1 saturated heterocycles. The summed E-state index contributed by atoms with van der Waals surface area (Å²) in [5, 5.41) is 9.17. The quantitative estimate of drug-likeness (QED) is 0.864. The van der Waals surface area contributed by atoms with E-state index in [1.807, 2.05) is 12.1 Å². The molecule has 1 aromatic rings. The molecule has 1 aromatic carbocycles. The number of ether oxygens (including phenoxy) is 2. The van der Waals surface area contributed by atoms with Gasteiger partial charge in [-0.1, -0.05) is 15.9 Å². The minimum atomic E-state index is -0.840. The van der Waals surface area contributed by atoms with Crippen molar-refractivity contribution >= 4 is 27.8 Å². The Labute approximate surface area is 142 Å². The van der Waals surface area contributed by atoms with Crippen LogP contribution in [0.1, 0.15) is 18.9 Å². The molecule has 0 aliphatic carbocycles. The zero-order valence-corrected chi connectivity index (χ0v) is 14.3. The normalized spacial score (nSPS) is 23.0. The average molecular weight is 384 g/mol. The molecule has 2 aliphatic heterocycles. The van der Waals surface area contributed by atoms with Crippen LogP contribution < -0.4 is 9.47 Å². The number of benzene rings is 1. The molecule has 0 bridgehead atoms. The van der Waals surface area contributed by atoms with Gasteiger partial charge >= 0.3 is 5.97 Å². The van der Waals surface area contributed by atoms with Crippen molar-refractivity contribution in [3.8, 4) is 11.5 Å². The lowest BCUT2D eigenvalue weighted by Crippen LogP contribution is -2.38. The summed E-state index contributed by atoms with van der Waals surface area (Å²) in [4.78, 5) is 25.4. The molecule has 2 atom stereocenters. The van der Waals surface area contributed by atoms with E-state index in [1.165, 1.54) is 0 Å². The van der Waals surface area contributed by atoms with Gasteiger partial charge in [0.25, 0.3) is 0 Å². The van der Waals surface area contributed by atoms with Crippen molar-refractivity contribution in [2.75, 3.05) is 19.8 Å². The first-order valence-electron chi connectivity index (χ1n) is 7.57. The van der Waals surface area contributed by atoms with Gasteiger partial charge in [0.1, 0.15) is 13.2 Å².